The van der Waals surface area contributed by atoms with E-state index in [-0.39, 0.29) is 0 Å². The van der Waals surface area contributed by atoms with Crippen LogP contribution < -0.4 is 5.32 Å². The molecule has 1 aliphatic carbocycles. The maximum Gasteiger partial charge on any atom is 0.00642 e. The molecule has 0 aliphatic heterocycles. The van der Waals surface area contributed by atoms with Crippen LogP contribution in [-0.2, 0) is 0 Å². The van der Waals surface area contributed by atoms with Crippen molar-refractivity contribution < 1.29 is 0 Å². The second-order valence-corrected chi connectivity index (χ2v) is 5.32. The molecule has 1 heteroatoms. The van der Waals surface area contributed by atoms with Crippen LogP contribution in [0.15, 0.2) is 0 Å². The van der Waals surface area contributed by atoms with Crippen LogP contribution in [0.25, 0.3) is 0 Å². The summed E-state index contributed by atoms with van der Waals surface area (Å²) >= 11 is 0. The smallest absolute Gasteiger partial charge is 0.00642 e. The van der Waals surface area contributed by atoms with E-state index in [2.05, 4.69) is 26.1 Å². The predicted octanol–water partition coefficient (Wildman–Crippen LogP) is 4.12. The third-order valence-electron chi connectivity index (χ3n) is 3.92. The van der Waals surface area contributed by atoms with Crippen molar-refractivity contribution in [2.24, 2.45) is 5.92 Å². The first-order valence-electron chi connectivity index (χ1n) is 7.02. The summed E-state index contributed by atoms with van der Waals surface area (Å²) in [6.07, 6.45) is 11.3. The van der Waals surface area contributed by atoms with Crippen LogP contribution in [0.4, 0.5) is 0 Å². The molecule has 0 spiro atoms. The van der Waals surface area contributed by atoms with Gasteiger partial charge in [-0.3, -0.25) is 0 Å². The van der Waals surface area contributed by atoms with Crippen LogP contribution in [0.3, 0.4) is 0 Å². The maximum absolute atomic E-state index is 3.76. The number of hydrogen-bond acceptors (Lipinski definition) is 1. The summed E-state index contributed by atoms with van der Waals surface area (Å²) in [5, 5.41) is 3.76. The van der Waals surface area contributed by atoms with Gasteiger partial charge in [-0.05, 0) is 32.1 Å². The van der Waals surface area contributed by atoms with Gasteiger partial charge in [-0.15, -0.1) is 0 Å². The summed E-state index contributed by atoms with van der Waals surface area (Å²) in [4.78, 5) is 0. The lowest BCUT2D eigenvalue weighted by molar-refractivity contribution is 0.290. The molecule has 1 N–H and O–H groups in total. The van der Waals surface area contributed by atoms with Crippen molar-refractivity contribution in [3.63, 3.8) is 0 Å². The highest BCUT2D eigenvalue weighted by Crippen LogP contribution is 2.27. The lowest BCUT2D eigenvalue weighted by atomic mass is 9.85. The Balaban J connectivity index is 2.18. The molecule has 1 nitrogen and oxygen atoms in total. The summed E-state index contributed by atoms with van der Waals surface area (Å²) in [6.45, 7) is 6.94. The summed E-state index contributed by atoms with van der Waals surface area (Å²) in [5.41, 5.74) is 0. The molecule has 1 aliphatic rings. The fourth-order valence-corrected chi connectivity index (χ4v) is 2.92. The van der Waals surface area contributed by atoms with Gasteiger partial charge in [0.1, 0.15) is 0 Å². The van der Waals surface area contributed by atoms with Gasteiger partial charge in [0.05, 0.1) is 0 Å². The summed E-state index contributed by atoms with van der Waals surface area (Å²) in [6, 6.07) is 1.46. The molecule has 0 amide bonds. The van der Waals surface area contributed by atoms with Crippen molar-refractivity contribution in [2.75, 3.05) is 0 Å². The second kappa shape index (κ2) is 7.27. The predicted molar refractivity (Wildman–Crippen MR) is 68.2 cm³/mol. The first-order valence-corrected chi connectivity index (χ1v) is 7.02. The van der Waals surface area contributed by atoms with E-state index in [4.69, 9.17) is 0 Å². The summed E-state index contributed by atoms with van der Waals surface area (Å²) in [7, 11) is 0. The van der Waals surface area contributed by atoms with Crippen molar-refractivity contribution in [1.29, 1.82) is 0 Å². The summed E-state index contributed by atoms with van der Waals surface area (Å²) in [5.74, 6) is 1.01. The Bertz CT molecular complexity index is 145. The first-order chi connectivity index (χ1) is 7.26. The third kappa shape index (κ3) is 5.01. The highest BCUT2D eigenvalue weighted by molar-refractivity contribution is 4.74. The molecule has 0 saturated heterocycles. The van der Waals surface area contributed by atoms with E-state index < -0.39 is 0 Å². The monoisotopic (exact) mass is 211 g/mol. The van der Waals surface area contributed by atoms with Crippen molar-refractivity contribution in [1.82, 2.24) is 5.32 Å². The molecule has 15 heavy (non-hydrogen) atoms. The standard InChI is InChI=1S/C14H29N/c1-4-14(5-2)15-12(3)11-13-9-7-6-8-10-13/h12-15H,4-11H2,1-3H3. The SMILES string of the molecule is CCC(CC)NC(C)CC1CCCCC1. The Hall–Kier alpha value is -0.0400. The van der Waals surface area contributed by atoms with Crippen LogP contribution in [0.5, 0.6) is 0 Å². The van der Waals surface area contributed by atoms with Crippen LogP contribution in [0.1, 0.15) is 72.1 Å². The normalized spacial score (nSPS) is 20.8. The minimum atomic E-state index is 0.720. The van der Waals surface area contributed by atoms with Gasteiger partial charge in [-0.1, -0.05) is 46.0 Å². The first kappa shape index (κ1) is 13.0. The minimum Gasteiger partial charge on any atom is -0.312 e. The van der Waals surface area contributed by atoms with Gasteiger partial charge in [0, 0.05) is 12.1 Å². The van der Waals surface area contributed by atoms with Gasteiger partial charge in [0.25, 0.3) is 0 Å². The maximum atomic E-state index is 3.76. The Kier molecular flexibility index (Phi) is 6.31. The zero-order valence-electron chi connectivity index (χ0n) is 10.9. The molecule has 1 saturated carbocycles. The number of hydrogen-bond donors (Lipinski definition) is 1. The Morgan fingerprint density at radius 1 is 1.07 bits per heavy atom. The molecule has 0 radical (unpaired) electrons. The van der Waals surface area contributed by atoms with E-state index in [0.717, 1.165) is 18.0 Å². The lowest BCUT2D eigenvalue weighted by Crippen LogP contribution is -2.37. The minimum absolute atomic E-state index is 0.720. The van der Waals surface area contributed by atoms with Gasteiger partial charge in [-0.25, -0.2) is 0 Å². The van der Waals surface area contributed by atoms with Crippen molar-refractivity contribution in [3.8, 4) is 0 Å². The molecule has 0 bridgehead atoms. The van der Waals surface area contributed by atoms with Crippen molar-refractivity contribution >= 4 is 0 Å². The van der Waals surface area contributed by atoms with Crippen molar-refractivity contribution in [3.05, 3.63) is 0 Å². The molecule has 0 aromatic rings. The molecule has 90 valence electrons. The van der Waals surface area contributed by atoms with Gasteiger partial charge in [0.15, 0.2) is 0 Å². The molecule has 1 rings (SSSR count). The third-order valence-corrected chi connectivity index (χ3v) is 3.92. The number of rotatable bonds is 6. The second-order valence-electron chi connectivity index (χ2n) is 5.32. The van der Waals surface area contributed by atoms with Gasteiger partial charge >= 0.3 is 0 Å². The van der Waals surface area contributed by atoms with E-state index in [1.807, 2.05) is 0 Å². The van der Waals surface area contributed by atoms with Gasteiger partial charge in [0.2, 0.25) is 0 Å². The Morgan fingerprint density at radius 3 is 2.20 bits per heavy atom. The summed E-state index contributed by atoms with van der Waals surface area (Å²) < 4.78 is 0. The molecular formula is C14H29N. The molecule has 1 unspecified atom stereocenters. The zero-order valence-corrected chi connectivity index (χ0v) is 10.9. The van der Waals surface area contributed by atoms with E-state index >= 15 is 0 Å². The number of nitrogens with one attached hydrogen (secondary N) is 1. The quantitative estimate of drug-likeness (QED) is 0.697. The van der Waals surface area contributed by atoms with Gasteiger partial charge in [-0.2, -0.15) is 0 Å². The van der Waals surface area contributed by atoms with Crippen LogP contribution >= 0.6 is 0 Å². The highest BCUT2D eigenvalue weighted by atomic mass is 14.9. The molecule has 1 fully saturated rings. The van der Waals surface area contributed by atoms with E-state index in [1.165, 1.54) is 51.4 Å². The van der Waals surface area contributed by atoms with E-state index in [0.29, 0.717) is 0 Å². The molecule has 0 aromatic carbocycles. The average Bonchev–Trinajstić information content (AvgIpc) is 2.27. The Morgan fingerprint density at radius 2 is 1.67 bits per heavy atom. The molecule has 1 atom stereocenters. The zero-order chi connectivity index (χ0) is 11.1. The molecule has 0 heterocycles. The average molecular weight is 211 g/mol. The highest BCUT2D eigenvalue weighted by Gasteiger charge is 2.17. The van der Waals surface area contributed by atoms with Crippen LogP contribution in [0.2, 0.25) is 0 Å². The molecular weight excluding hydrogens is 182 g/mol. The lowest BCUT2D eigenvalue weighted by Gasteiger charge is -2.27. The van der Waals surface area contributed by atoms with Crippen LogP contribution in [-0.4, -0.2) is 12.1 Å². The Labute approximate surface area is 96.0 Å². The largest absolute Gasteiger partial charge is 0.312 e. The van der Waals surface area contributed by atoms with E-state index in [1.54, 1.807) is 0 Å². The topological polar surface area (TPSA) is 12.0 Å². The van der Waals surface area contributed by atoms with Crippen LogP contribution in [0, 0.1) is 5.92 Å². The fraction of sp³-hybridized carbons (Fsp3) is 1.00. The van der Waals surface area contributed by atoms with E-state index in [9.17, 15) is 0 Å². The molecule has 0 aromatic heterocycles. The fourth-order valence-electron chi connectivity index (χ4n) is 2.92. The van der Waals surface area contributed by atoms with Crippen molar-refractivity contribution in [2.45, 2.75) is 84.2 Å². The van der Waals surface area contributed by atoms with Gasteiger partial charge < -0.3 is 5.32 Å².